The third-order valence-corrected chi connectivity index (χ3v) is 4.68. The van der Waals surface area contributed by atoms with Crippen LogP contribution in [-0.4, -0.2) is 39.7 Å². The van der Waals surface area contributed by atoms with Crippen LogP contribution < -0.4 is 5.73 Å². The topological polar surface area (TPSA) is 77.3 Å². The number of furan rings is 1. The van der Waals surface area contributed by atoms with Crippen molar-refractivity contribution in [1.29, 1.82) is 0 Å². The number of benzene rings is 1. The summed E-state index contributed by atoms with van der Waals surface area (Å²) in [5.74, 6) is 1.33. The molecular formula is C20H22N4O2. The molecule has 1 fully saturated rings. The standard InChI is InChI=1S/C20H22N4O2/c1-14-9-10-18(26-14)19-17(20(25)23-11-5-6-15(21)12-23)13-24(22-19)16-7-3-2-4-8-16/h2-4,7-10,13,15H,5-6,11-12,21H2,1H3. The number of carbonyl (C=O) groups excluding carboxylic acids is 1. The predicted octanol–water partition coefficient (Wildman–Crippen LogP) is 3.00. The van der Waals surface area contributed by atoms with Gasteiger partial charge in [0.2, 0.25) is 0 Å². The van der Waals surface area contributed by atoms with Crippen molar-refractivity contribution in [3.8, 4) is 17.1 Å². The number of piperidine rings is 1. The van der Waals surface area contributed by atoms with Crippen LogP contribution in [-0.2, 0) is 0 Å². The minimum Gasteiger partial charge on any atom is -0.460 e. The van der Waals surface area contributed by atoms with E-state index in [-0.39, 0.29) is 11.9 Å². The number of para-hydroxylation sites is 1. The first-order valence-corrected chi connectivity index (χ1v) is 8.88. The van der Waals surface area contributed by atoms with Crippen molar-refractivity contribution >= 4 is 5.91 Å². The Morgan fingerprint density at radius 3 is 2.73 bits per heavy atom. The molecule has 1 unspecified atom stereocenters. The maximum Gasteiger partial charge on any atom is 0.257 e. The van der Waals surface area contributed by atoms with Gasteiger partial charge in [-0.2, -0.15) is 5.10 Å². The van der Waals surface area contributed by atoms with Crippen molar-refractivity contribution in [1.82, 2.24) is 14.7 Å². The number of aromatic nitrogens is 2. The number of nitrogens with two attached hydrogens (primary N) is 1. The van der Waals surface area contributed by atoms with Gasteiger partial charge < -0.3 is 15.1 Å². The molecule has 1 amide bonds. The maximum absolute atomic E-state index is 13.2. The first-order valence-electron chi connectivity index (χ1n) is 8.88. The molecule has 1 aromatic carbocycles. The Bertz CT molecular complexity index is 913. The molecule has 4 rings (SSSR count). The summed E-state index contributed by atoms with van der Waals surface area (Å²) in [6.07, 6.45) is 3.66. The van der Waals surface area contributed by atoms with Gasteiger partial charge in [-0.15, -0.1) is 0 Å². The van der Waals surface area contributed by atoms with Crippen LogP contribution in [0.25, 0.3) is 17.1 Å². The Morgan fingerprint density at radius 2 is 2.04 bits per heavy atom. The van der Waals surface area contributed by atoms with E-state index in [1.807, 2.05) is 54.3 Å². The summed E-state index contributed by atoms with van der Waals surface area (Å²) in [5.41, 5.74) is 8.05. The SMILES string of the molecule is Cc1ccc(-c2nn(-c3ccccc3)cc2C(=O)N2CCCC(N)C2)o1. The van der Waals surface area contributed by atoms with Crippen LogP contribution in [0.5, 0.6) is 0 Å². The smallest absolute Gasteiger partial charge is 0.257 e. The number of hydrogen-bond donors (Lipinski definition) is 1. The molecule has 1 saturated heterocycles. The second-order valence-corrected chi connectivity index (χ2v) is 6.74. The van der Waals surface area contributed by atoms with E-state index in [1.54, 1.807) is 10.9 Å². The van der Waals surface area contributed by atoms with Crippen molar-refractivity contribution in [3.63, 3.8) is 0 Å². The van der Waals surface area contributed by atoms with Gasteiger partial charge in [-0.05, 0) is 44.0 Å². The minimum absolute atomic E-state index is 0.0335. The number of hydrogen-bond acceptors (Lipinski definition) is 4. The van der Waals surface area contributed by atoms with Crippen molar-refractivity contribution in [2.24, 2.45) is 5.73 Å². The lowest BCUT2D eigenvalue weighted by Gasteiger charge is -2.30. The lowest BCUT2D eigenvalue weighted by Crippen LogP contribution is -2.45. The second kappa shape index (κ2) is 6.80. The Morgan fingerprint density at radius 1 is 1.23 bits per heavy atom. The van der Waals surface area contributed by atoms with Gasteiger partial charge in [-0.25, -0.2) is 4.68 Å². The van der Waals surface area contributed by atoms with Crippen LogP contribution in [0.1, 0.15) is 29.0 Å². The number of amides is 1. The molecule has 2 aromatic heterocycles. The summed E-state index contributed by atoms with van der Waals surface area (Å²) < 4.78 is 7.47. The number of likely N-dealkylation sites (tertiary alicyclic amines) is 1. The Kier molecular flexibility index (Phi) is 4.34. The van der Waals surface area contributed by atoms with E-state index in [0.717, 1.165) is 30.8 Å². The van der Waals surface area contributed by atoms with Crippen molar-refractivity contribution in [2.45, 2.75) is 25.8 Å². The summed E-state index contributed by atoms with van der Waals surface area (Å²) in [6.45, 7) is 3.18. The third-order valence-electron chi connectivity index (χ3n) is 4.68. The van der Waals surface area contributed by atoms with Crippen LogP contribution in [0, 0.1) is 6.92 Å². The fourth-order valence-electron chi connectivity index (χ4n) is 3.35. The molecule has 0 spiro atoms. The molecule has 3 heterocycles. The molecule has 3 aromatic rings. The highest BCUT2D eigenvalue weighted by Gasteiger charge is 2.27. The zero-order valence-corrected chi connectivity index (χ0v) is 14.8. The first kappa shape index (κ1) is 16.6. The van der Waals surface area contributed by atoms with Crippen LogP contribution in [0.2, 0.25) is 0 Å². The van der Waals surface area contributed by atoms with Gasteiger partial charge in [0, 0.05) is 25.3 Å². The first-order chi connectivity index (χ1) is 12.6. The van der Waals surface area contributed by atoms with Crippen molar-refractivity contribution < 1.29 is 9.21 Å². The molecule has 134 valence electrons. The summed E-state index contributed by atoms with van der Waals surface area (Å²) >= 11 is 0. The van der Waals surface area contributed by atoms with E-state index < -0.39 is 0 Å². The minimum atomic E-state index is -0.0496. The van der Waals surface area contributed by atoms with Gasteiger partial charge in [0.15, 0.2) is 5.76 Å². The normalized spacial score (nSPS) is 17.5. The maximum atomic E-state index is 13.2. The van der Waals surface area contributed by atoms with Crippen LogP contribution in [0.3, 0.4) is 0 Å². The zero-order valence-electron chi connectivity index (χ0n) is 14.8. The van der Waals surface area contributed by atoms with Crippen molar-refractivity contribution in [2.75, 3.05) is 13.1 Å². The molecule has 2 N–H and O–H groups in total. The number of aryl methyl sites for hydroxylation is 1. The summed E-state index contributed by atoms with van der Waals surface area (Å²) in [5, 5.41) is 4.64. The number of nitrogens with zero attached hydrogens (tertiary/aromatic N) is 3. The van der Waals surface area contributed by atoms with Crippen LogP contribution >= 0.6 is 0 Å². The fraction of sp³-hybridized carbons (Fsp3) is 0.300. The summed E-state index contributed by atoms with van der Waals surface area (Å²) in [4.78, 5) is 15.0. The van der Waals surface area contributed by atoms with Gasteiger partial charge >= 0.3 is 0 Å². The van der Waals surface area contributed by atoms with Gasteiger partial charge in [-0.3, -0.25) is 4.79 Å². The van der Waals surface area contributed by atoms with E-state index in [9.17, 15) is 4.79 Å². The average molecular weight is 350 g/mol. The van der Waals surface area contributed by atoms with E-state index >= 15 is 0 Å². The van der Waals surface area contributed by atoms with E-state index in [4.69, 9.17) is 10.2 Å². The third kappa shape index (κ3) is 3.15. The summed E-state index contributed by atoms with van der Waals surface area (Å²) in [7, 11) is 0. The van der Waals surface area contributed by atoms with E-state index in [0.29, 0.717) is 23.6 Å². The van der Waals surface area contributed by atoms with Gasteiger partial charge in [-0.1, -0.05) is 18.2 Å². The molecule has 1 aliphatic rings. The molecule has 0 bridgehead atoms. The average Bonchev–Trinajstić information content (AvgIpc) is 3.28. The molecule has 1 atom stereocenters. The number of carbonyl (C=O) groups is 1. The molecule has 26 heavy (non-hydrogen) atoms. The Labute approximate surface area is 152 Å². The molecule has 0 saturated carbocycles. The van der Waals surface area contributed by atoms with Crippen LogP contribution in [0.4, 0.5) is 0 Å². The lowest BCUT2D eigenvalue weighted by molar-refractivity contribution is 0.0709. The molecule has 0 aliphatic carbocycles. The number of rotatable bonds is 3. The highest BCUT2D eigenvalue weighted by molar-refractivity contribution is 5.99. The predicted molar refractivity (Wildman–Crippen MR) is 99.1 cm³/mol. The Hall–Kier alpha value is -2.86. The summed E-state index contributed by atoms with van der Waals surface area (Å²) in [6, 6.07) is 13.5. The van der Waals surface area contributed by atoms with E-state index in [1.165, 1.54) is 0 Å². The molecular weight excluding hydrogens is 328 g/mol. The fourth-order valence-corrected chi connectivity index (χ4v) is 3.35. The molecule has 1 aliphatic heterocycles. The highest BCUT2D eigenvalue weighted by atomic mass is 16.3. The highest BCUT2D eigenvalue weighted by Crippen LogP contribution is 2.27. The lowest BCUT2D eigenvalue weighted by atomic mass is 10.1. The molecule has 0 radical (unpaired) electrons. The Balaban J connectivity index is 1.76. The quantitative estimate of drug-likeness (QED) is 0.788. The van der Waals surface area contributed by atoms with Gasteiger partial charge in [0.1, 0.15) is 11.5 Å². The van der Waals surface area contributed by atoms with E-state index in [2.05, 4.69) is 5.10 Å². The van der Waals surface area contributed by atoms with Gasteiger partial charge in [0.05, 0.1) is 11.3 Å². The molecule has 6 heteroatoms. The zero-order chi connectivity index (χ0) is 18.1. The largest absolute Gasteiger partial charge is 0.460 e. The van der Waals surface area contributed by atoms with Gasteiger partial charge in [0.25, 0.3) is 5.91 Å². The van der Waals surface area contributed by atoms with Crippen LogP contribution in [0.15, 0.2) is 53.1 Å². The second-order valence-electron chi connectivity index (χ2n) is 6.74. The monoisotopic (exact) mass is 350 g/mol. The van der Waals surface area contributed by atoms with Crippen molar-refractivity contribution in [3.05, 3.63) is 60.0 Å². The molecule has 6 nitrogen and oxygen atoms in total.